The molecule has 0 bridgehead atoms. The van der Waals surface area contributed by atoms with E-state index in [-0.39, 0.29) is 5.41 Å². The van der Waals surface area contributed by atoms with E-state index in [2.05, 4.69) is 32.2 Å². The minimum Gasteiger partial charge on any atom is -0.367 e. The van der Waals surface area contributed by atoms with Crippen molar-refractivity contribution in [1.29, 1.82) is 5.26 Å². The highest BCUT2D eigenvalue weighted by Gasteiger charge is 2.43. The lowest BCUT2D eigenvalue weighted by Crippen LogP contribution is -2.46. The molecule has 2 heteroatoms. The van der Waals surface area contributed by atoms with E-state index >= 15 is 0 Å². The average molecular weight is 242 g/mol. The van der Waals surface area contributed by atoms with Gasteiger partial charge in [0, 0.05) is 5.69 Å². The van der Waals surface area contributed by atoms with Gasteiger partial charge in [0.15, 0.2) is 0 Å². The van der Waals surface area contributed by atoms with E-state index in [1.54, 1.807) is 0 Å². The number of anilines is 1. The Morgan fingerprint density at radius 3 is 2.44 bits per heavy atom. The molecule has 1 saturated carbocycles. The summed E-state index contributed by atoms with van der Waals surface area (Å²) >= 11 is 0. The molecule has 1 aliphatic carbocycles. The zero-order chi connectivity index (χ0) is 13.2. The van der Waals surface area contributed by atoms with Crippen LogP contribution in [0.4, 0.5) is 5.69 Å². The van der Waals surface area contributed by atoms with Crippen LogP contribution in [-0.2, 0) is 0 Å². The van der Waals surface area contributed by atoms with E-state index in [1.807, 2.05) is 30.3 Å². The molecule has 1 aromatic carbocycles. The average Bonchev–Trinajstić information content (AvgIpc) is 2.27. The molecular formula is C16H22N2. The smallest absolute Gasteiger partial charge is 0.126 e. The lowest BCUT2D eigenvalue weighted by Gasteiger charge is -2.44. The minimum atomic E-state index is -0.414. The normalized spacial score (nSPS) is 30.4. The number of hydrogen-bond donors (Lipinski definition) is 1. The molecule has 0 radical (unpaired) electrons. The zero-order valence-corrected chi connectivity index (χ0v) is 11.5. The van der Waals surface area contributed by atoms with Crippen molar-refractivity contribution in [2.75, 3.05) is 5.32 Å². The van der Waals surface area contributed by atoms with Crippen LogP contribution >= 0.6 is 0 Å². The second kappa shape index (κ2) is 4.65. The van der Waals surface area contributed by atoms with Gasteiger partial charge in [-0.05, 0) is 42.7 Å². The first-order valence-corrected chi connectivity index (χ1v) is 6.69. The molecule has 2 atom stereocenters. The van der Waals surface area contributed by atoms with Crippen LogP contribution in [0.5, 0.6) is 0 Å². The summed E-state index contributed by atoms with van der Waals surface area (Å²) in [5, 5.41) is 13.1. The first-order chi connectivity index (χ1) is 8.45. The summed E-state index contributed by atoms with van der Waals surface area (Å²) in [5.41, 5.74) is 0.862. The van der Waals surface area contributed by atoms with Gasteiger partial charge in [0.25, 0.3) is 0 Å². The molecule has 2 rings (SSSR count). The van der Waals surface area contributed by atoms with Crippen molar-refractivity contribution < 1.29 is 0 Å². The van der Waals surface area contributed by atoms with Crippen molar-refractivity contribution in [2.24, 2.45) is 11.3 Å². The predicted octanol–water partition coefficient (Wildman–Crippen LogP) is 4.21. The van der Waals surface area contributed by atoms with Gasteiger partial charge in [0.1, 0.15) is 5.54 Å². The van der Waals surface area contributed by atoms with Crippen LogP contribution in [0.15, 0.2) is 30.3 Å². The van der Waals surface area contributed by atoms with Crippen molar-refractivity contribution in [3.8, 4) is 6.07 Å². The Morgan fingerprint density at radius 1 is 1.22 bits per heavy atom. The zero-order valence-electron chi connectivity index (χ0n) is 11.5. The van der Waals surface area contributed by atoms with Crippen molar-refractivity contribution in [3.05, 3.63) is 30.3 Å². The van der Waals surface area contributed by atoms with Crippen molar-refractivity contribution in [2.45, 2.75) is 45.6 Å². The second-order valence-corrected chi connectivity index (χ2v) is 6.54. The molecule has 1 fully saturated rings. The molecule has 0 aromatic heterocycles. The third-order valence-corrected chi connectivity index (χ3v) is 3.75. The molecule has 0 saturated heterocycles. The number of hydrogen-bond acceptors (Lipinski definition) is 2. The van der Waals surface area contributed by atoms with Gasteiger partial charge in [-0.1, -0.05) is 39.0 Å². The van der Waals surface area contributed by atoms with E-state index in [4.69, 9.17) is 0 Å². The maximum Gasteiger partial charge on any atom is 0.126 e. The van der Waals surface area contributed by atoms with Crippen LogP contribution in [0.3, 0.4) is 0 Å². The fourth-order valence-corrected chi connectivity index (χ4v) is 3.58. The number of nitrogens with one attached hydrogen (secondary N) is 1. The van der Waals surface area contributed by atoms with Crippen LogP contribution in [0, 0.1) is 22.7 Å². The summed E-state index contributed by atoms with van der Waals surface area (Å²) < 4.78 is 0. The predicted molar refractivity (Wildman–Crippen MR) is 75.2 cm³/mol. The molecule has 1 aliphatic rings. The highest BCUT2D eigenvalue weighted by Crippen LogP contribution is 2.44. The summed E-state index contributed by atoms with van der Waals surface area (Å²) in [4.78, 5) is 0. The Balaban J connectivity index is 2.23. The van der Waals surface area contributed by atoms with E-state index in [0.29, 0.717) is 5.92 Å². The second-order valence-electron chi connectivity index (χ2n) is 6.54. The first-order valence-electron chi connectivity index (χ1n) is 6.69. The Morgan fingerprint density at radius 2 is 1.89 bits per heavy atom. The molecule has 2 nitrogen and oxygen atoms in total. The van der Waals surface area contributed by atoms with E-state index < -0.39 is 5.54 Å². The third kappa shape index (κ3) is 2.85. The summed E-state index contributed by atoms with van der Waals surface area (Å²) in [6, 6.07) is 12.6. The third-order valence-electron chi connectivity index (χ3n) is 3.75. The number of para-hydroxylation sites is 1. The maximum atomic E-state index is 9.64. The highest BCUT2D eigenvalue weighted by atomic mass is 15.0. The monoisotopic (exact) mass is 242 g/mol. The van der Waals surface area contributed by atoms with Crippen LogP contribution in [0.1, 0.15) is 40.0 Å². The first kappa shape index (κ1) is 13.0. The van der Waals surface area contributed by atoms with Gasteiger partial charge in [-0.15, -0.1) is 0 Å². The summed E-state index contributed by atoms with van der Waals surface area (Å²) in [6.07, 6.45) is 3.05. The molecule has 18 heavy (non-hydrogen) atoms. The van der Waals surface area contributed by atoms with E-state index in [0.717, 1.165) is 18.5 Å². The van der Waals surface area contributed by atoms with Crippen molar-refractivity contribution in [3.63, 3.8) is 0 Å². The van der Waals surface area contributed by atoms with Crippen LogP contribution < -0.4 is 5.32 Å². The molecule has 0 amide bonds. The molecular weight excluding hydrogens is 220 g/mol. The topological polar surface area (TPSA) is 35.8 Å². The minimum absolute atomic E-state index is 0.231. The maximum absolute atomic E-state index is 9.64. The Labute approximate surface area is 110 Å². The number of rotatable bonds is 2. The summed E-state index contributed by atoms with van der Waals surface area (Å²) in [6.45, 7) is 6.78. The lowest BCUT2D eigenvalue weighted by molar-refractivity contribution is 0.149. The van der Waals surface area contributed by atoms with Crippen molar-refractivity contribution in [1.82, 2.24) is 0 Å². The SMILES string of the molecule is CC1CC(C)(C)CC(C#N)(Nc2ccccc2)C1. The summed E-state index contributed by atoms with van der Waals surface area (Å²) in [5.74, 6) is 0.588. The lowest BCUT2D eigenvalue weighted by atomic mass is 9.64. The fourth-order valence-electron chi connectivity index (χ4n) is 3.58. The number of benzene rings is 1. The Kier molecular flexibility index (Phi) is 3.34. The molecule has 0 aliphatic heterocycles. The van der Waals surface area contributed by atoms with E-state index in [9.17, 15) is 5.26 Å². The molecule has 2 unspecified atom stereocenters. The van der Waals surface area contributed by atoms with Gasteiger partial charge < -0.3 is 5.32 Å². The Bertz CT molecular complexity index is 444. The van der Waals surface area contributed by atoms with E-state index in [1.165, 1.54) is 6.42 Å². The summed E-state index contributed by atoms with van der Waals surface area (Å²) in [7, 11) is 0. The van der Waals surface area contributed by atoms with Crippen LogP contribution in [-0.4, -0.2) is 5.54 Å². The van der Waals surface area contributed by atoms with Gasteiger partial charge in [-0.3, -0.25) is 0 Å². The van der Waals surface area contributed by atoms with Gasteiger partial charge in [0.2, 0.25) is 0 Å². The standard InChI is InChI=1S/C16H22N2/c1-13-9-15(2,3)11-16(10-13,12-17)18-14-7-5-4-6-8-14/h4-8,13,18H,9-11H2,1-3H3. The quantitative estimate of drug-likeness (QED) is 0.843. The van der Waals surface area contributed by atoms with Gasteiger partial charge in [0.05, 0.1) is 6.07 Å². The molecule has 0 spiro atoms. The van der Waals surface area contributed by atoms with Gasteiger partial charge >= 0.3 is 0 Å². The highest BCUT2D eigenvalue weighted by molar-refractivity contribution is 5.47. The largest absolute Gasteiger partial charge is 0.367 e. The van der Waals surface area contributed by atoms with Gasteiger partial charge in [-0.25, -0.2) is 0 Å². The number of nitriles is 1. The molecule has 0 heterocycles. The molecule has 96 valence electrons. The van der Waals surface area contributed by atoms with Crippen LogP contribution in [0.25, 0.3) is 0 Å². The molecule has 1 N–H and O–H groups in total. The van der Waals surface area contributed by atoms with Crippen molar-refractivity contribution >= 4 is 5.69 Å². The van der Waals surface area contributed by atoms with Crippen LogP contribution in [0.2, 0.25) is 0 Å². The van der Waals surface area contributed by atoms with Gasteiger partial charge in [-0.2, -0.15) is 5.26 Å². The molecule has 1 aromatic rings. The fraction of sp³-hybridized carbons (Fsp3) is 0.562. The number of nitrogens with zero attached hydrogens (tertiary/aromatic N) is 1. The Hall–Kier alpha value is -1.49.